The summed E-state index contributed by atoms with van der Waals surface area (Å²) in [5, 5.41) is 3.92. The predicted molar refractivity (Wildman–Crippen MR) is 90.8 cm³/mol. The first-order valence-corrected chi connectivity index (χ1v) is 7.01. The topological polar surface area (TPSA) is 59.9 Å². The Labute approximate surface area is 135 Å². The smallest absolute Gasteiger partial charge is 0.264 e. The van der Waals surface area contributed by atoms with Crippen LogP contribution < -0.4 is 14.9 Å². The van der Waals surface area contributed by atoms with Crippen molar-refractivity contribution in [3.05, 3.63) is 65.7 Å². The van der Waals surface area contributed by atoms with Crippen LogP contribution in [0.1, 0.15) is 11.1 Å². The van der Waals surface area contributed by atoms with Gasteiger partial charge in [-0.2, -0.15) is 5.10 Å². The molecule has 5 nitrogen and oxygen atoms in total. The molecule has 2 aromatic rings. The van der Waals surface area contributed by atoms with Gasteiger partial charge in [-0.1, -0.05) is 30.3 Å². The summed E-state index contributed by atoms with van der Waals surface area (Å²) < 4.78 is 10.4. The van der Waals surface area contributed by atoms with E-state index >= 15 is 0 Å². The van der Waals surface area contributed by atoms with Gasteiger partial charge in [-0.3, -0.25) is 4.79 Å². The predicted octanol–water partition coefficient (Wildman–Crippen LogP) is 2.87. The van der Waals surface area contributed by atoms with Gasteiger partial charge in [-0.15, -0.1) is 0 Å². The summed E-state index contributed by atoms with van der Waals surface area (Å²) in [5.74, 6) is 0.994. The number of carbonyl (C=O) groups excluding carboxylic acids is 1. The van der Waals surface area contributed by atoms with Gasteiger partial charge in [0, 0.05) is 17.7 Å². The lowest BCUT2D eigenvalue weighted by atomic mass is 10.2. The molecule has 2 aromatic carbocycles. The maximum Gasteiger partial charge on any atom is 0.264 e. The molecular weight excluding hydrogens is 292 g/mol. The van der Waals surface area contributed by atoms with Gasteiger partial charge in [-0.05, 0) is 23.8 Å². The van der Waals surface area contributed by atoms with Crippen molar-refractivity contribution >= 4 is 18.2 Å². The van der Waals surface area contributed by atoms with Crippen LogP contribution in [0.25, 0.3) is 6.08 Å². The lowest BCUT2D eigenvalue weighted by molar-refractivity contribution is -0.116. The van der Waals surface area contributed by atoms with Crippen molar-refractivity contribution in [3.63, 3.8) is 0 Å². The molecule has 0 radical (unpaired) electrons. The summed E-state index contributed by atoms with van der Waals surface area (Å²) in [7, 11) is 3.15. The van der Waals surface area contributed by atoms with Gasteiger partial charge >= 0.3 is 0 Å². The van der Waals surface area contributed by atoms with Gasteiger partial charge in [0.15, 0.2) is 0 Å². The summed E-state index contributed by atoms with van der Waals surface area (Å²) in [4.78, 5) is 11.7. The first kappa shape index (κ1) is 16.3. The maximum atomic E-state index is 11.7. The molecule has 0 saturated carbocycles. The van der Waals surface area contributed by atoms with E-state index in [-0.39, 0.29) is 5.91 Å². The van der Waals surface area contributed by atoms with E-state index in [0.717, 1.165) is 11.1 Å². The van der Waals surface area contributed by atoms with Crippen LogP contribution in [0.3, 0.4) is 0 Å². The Morgan fingerprint density at radius 1 is 1.09 bits per heavy atom. The van der Waals surface area contributed by atoms with Gasteiger partial charge < -0.3 is 9.47 Å². The summed E-state index contributed by atoms with van der Waals surface area (Å²) >= 11 is 0. The second kappa shape index (κ2) is 8.38. The molecule has 5 heteroatoms. The molecule has 0 atom stereocenters. The summed E-state index contributed by atoms with van der Waals surface area (Å²) in [6.07, 6.45) is 4.67. The number of hydrogen-bond donors (Lipinski definition) is 1. The average Bonchev–Trinajstić information content (AvgIpc) is 2.61. The van der Waals surface area contributed by atoms with Crippen molar-refractivity contribution in [3.8, 4) is 11.5 Å². The van der Waals surface area contributed by atoms with Crippen molar-refractivity contribution in [2.24, 2.45) is 5.10 Å². The number of nitrogens with zero attached hydrogens (tertiary/aromatic N) is 1. The van der Waals surface area contributed by atoms with Crippen molar-refractivity contribution in [1.82, 2.24) is 5.43 Å². The van der Waals surface area contributed by atoms with Gasteiger partial charge in [0.25, 0.3) is 5.91 Å². The lowest BCUT2D eigenvalue weighted by Gasteiger charge is -2.06. The maximum absolute atomic E-state index is 11.7. The van der Waals surface area contributed by atoms with E-state index in [0.29, 0.717) is 11.5 Å². The van der Waals surface area contributed by atoms with Crippen molar-refractivity contribution in [2.75, 3.05) is 14.2 Å². The molecule has 1 amide bonds. The molecule has 0 heterocycles. The van der Waals surface area contributed by atoms with Crippen LogP contribution in [0.5, 0.6) is 11.5 Å². The van der Waals surface area contributed by atoms with Crippen molar-refractivity contribution in [2.45, 2.75) is 0 Å². The zero-order chi connectivity index (χ0) is 16.5. The third-order valence-corrected chi connectivity index (χ3v) is 3.05. The highest BCUT2D eigenvalue weighted by Gasteiger charge is 2.02. The minimum Gasteiger partial charge on any atom is -0.497 e. The first-order valence-electron chi connectivity index (χ1n) is 7.01. The van der Waals surface area contributed by atoms with Crippen LogP contribution in [-0.2, 0) is 4.79 Å². The highest BCUT2D eigenvalue weighted by molar-refractivity contribution is 5.93. The lowest BCUT2D eigenvalue weighted by Crippen LogP contribution is -2.14. The molecule has 0 fully saturated rings. The second-order valence-electron chi connectivity index (χ2n) is 4.59. The van der Waals surface area contributed by atoms with E-state index in [1.807, 2.05) is 30.3 Å². The van der Waals surface area contributed by atoms with Crippen LogP contribution in [0.4, 0.5) is 0 Å². The first-order chi connectivity index (χ1) is 11.2. The minimum atomic E-state index is -0.308. The number of benzene rings is 2. The number of methoxy groups -OCH3 is 2. The summed E-state index contributed by atoms with van der Waals surface area (Å²) in [5.41, 5.74) is 4.12. The number of nitrogens with one attached hydrogen (secondary N) is 1. The SMILES string of the molecule is COc1ccc(/C=N/NC(=O)/C=C\c2ccccc2)c(OC)c1. The molecule has 0 aliphatic rings. The second-order valence-corrected chi connectivity index (χ2v) is 4.59. The minimum absolute atomic E-state index is 0.308. The van der Waals surface area contributed by atoms with Gasteiger partial charge in [0.1, 0.15) is 11.5 Å². The monoisotopic (exact) mass is 310 g/mol. The molecule has 0 saturated heterocycles. The molecule has 0 unspecified atom stereocenters. The molecule has 0 aliphatic heterocycles. The number of hydrogen-bond acceptors (Lipinski definition) is 4. The van der Waals surface area contributed by atoms with E-state index in [2.05, 4.69) is 10.5 Å². The van der Waals surface area contributed by atoms with E-state index < -0.39 is 0 Å². The van der Waals surface area contributed by atoms with E-state index in [1.165, 1.54) is 12.3 Å². The van der Waals surface area contributed by atoms with Gasteiger partial charge in [0.2, 0.25) is 0 Å². The Hall–Kier alpha value is -3.08. The van der Waals surface area contributed by atoms with Crippen LogP contribution in [0.2, 0.25) is 0 Å². The van der Waals surface area contributed by atoms with Crippen LogP contribution >= 0.6 is 0 Å². The fraction of sp³-hybridized carbons (Fsp3) is 0.111. The highest BCUT2D eigenvalue weighted by Crippen LogP contribution is 2.22. The number of hydrazone groups is 1. The Balaban J connectivity index is 1.96. The van der Waals surface area contributed by atoms with Crippen LogP contribution in [-0.4, -0.2) is 26.3 Å². The Kier molecular flexibility index (Phi) is 5.94. The number of ether oxygens (including phenoxy) is 2. The van der Waals surface area contributed by atoms with Crippen molar-refractivity contribution in [1.29, 1.82) is 0 Å². The zero-order valence-electron chi connectivity index (χ0n) is 13.0. The molecule has 118 valence electrons. The van der Waals surface area contributed by atoms with Crippen molar-refractivity contribution < 1.29 is 14.3 Å². The molecule has 0 bridgehead atoms. The summed E-state index contributed by atoms with van der Waals surface area (Å²) in [6, 6.07) is 14.9. The molecule has 0 spiro atoms. The third-order valence-electron chi connectivity index (χ3n) is 3.05. The van der Waals surface area contributed by atoms with Gasteiger partial charge in [-0.25, -0.2) is 5.43 Å². The normalized spacial score (nSPS) is 10.9. The van der Waals surface area contributed by atoms with E-state index in [9.17, 15) is 4.79 Å². The largest absolute Gasteiger partial charge is 0.497 e. The van der Waals surface area contributed by atoms with E-state index in [4.69, 9.17) is 9.47 Å². The Morgan fingerprint density at radius 2 is 1.87 bits per heavy atom. The number of amides is 1. The van der Waals surface area contributed by atoms with Gasteiger partial charge in [0.05, 0.1) is 20.4 Å². The quantitative estimate of drug-likeness (QED) is 0.507. The van der Waals surface area contributed by atoms with E-state index in [1.54, 1.807) is 38.5 Å². The fourth-order valence-corrected chi connectivity index (χ4v) is 1.86. The molecule has 0 aromatic heterocycles. The Bertz CT molecular complexity index is 709. The fourth-order valence-electron chi connectivity index (χ4n) is 1.86. The number of rotatable bonds is 6. The van der Waals surface area contributed by atoms with Crippen LogP contribution in [0, 0.1) is 0 Å². The molecule has 2 rings (SSSR count). The third kappa shape index (κ3) is 5.00. The Morgan fingerprint density at radius 3 is 2.57 bits per heavy atom. The summed E-state index contributed by atoms with van der Waals surface area (Å²) in [6.45, 7) is 0. The molecule has 1 N–H and O–H groups in total. The average molecular weight is 310 g/mol. The van der Waals surface area contributed by atoms with Crippen LogP contribution in [0.15, 0.2) is 59.7 Å². The molecule has 0 aliphatic carbocycles. The zero-order valence-corrected chi connectivity index (χ0v) is 13.0. The highest BCUT2D eigenvalue weighted by atomic mass is 16.5. The standard InChI is InChI=1S/C18H18N2O3/c1-22-16-10-9-15(17(12-16)23-2)13-19-20-18(21)11-8-14-6-4-3-5-7-14/h3-13H,1-2H3,(H,20,21)/b11-8-,19-13+. The number of carbonyl (C=O) groups is 1. The molecular formula is C18H18N2O3. The molecule has 23 heavy (non-hydrogen) atoms.